The summed E-state index contributed by atoms with van der Waals surface area (Å²) >= 11 is 0. The van der Waals surface area contributed by atoms with Crippen molar-refractivity contribution in [1.29, 1.82) is 0 Å². The van der Waals surface area contributed by atoms with Crippen molar-refractivity contribution in [2.75, 3.05) is 32.7 Å². The number of benzene rings is 1. The maximum Gasteiger partial charge on any atom is 0.253 e. The topological polar surface area (TPSA) is 81.5 Å². The van der Waals surface area contributed by atoms with E-state index >= 15 is 0 Å². The lowest BCUT2D eigenvalue weighted by Crippen LogP contribution is -2.47. The zero-order chi connectivity index (χ0) is 23.9. The lowest BCUT2D eigenvalue weighted by molar-refractivity contribution is 0.0618. The van der Waals surface area contributed by atoms with Crippen LogP contribution in [0, 0.1) is 5.92 Å². The first-order valence-electron chi connectivity index (χ1n) is 13.2. The molecular formula is C27H42N6O. The predicted molar refractivity (Wildman–Crippen MR) is 136 cm³/mol. The van der Waals surface area contributed by atoms with Crippen LogP contribution in [0.5, 0.6) is 0 Å². The van der Waals surface area contributed by atoms with E-state index in [9.17, 15) is 4.79 Å². The molecule has 186 valence electrons. The van der Waals surface area contributed by atoms with E-state index in [1.165, 1.54) is 18.4 Å². The molecule has 2 aliphatic rings. The molecule has 1 aliphatic heterocycles. The molecule has 1 amide bonds. The minimum Gasteiger partial charge on any atom is -0.348 e. The number of hydrogen-bond acceptors (Lipinski definition) is 5. The van der Waals surface area contributed by atoms with E-state index < -0.39 is 0 Å². The Balaban J connectivity index is 1.31. The van der Waals surface area contributed by atoms with Gasteiger partial charge in [0.05, 0.1) is 6.54 Å². The first kappa shape index (κ1) is 24.9. The second kappa shape index (κ2) is 12.0. The normalized spacial score (nSPS) is 20.9. The van der Waals surface area contributed by atoms with Crippen molar-refractivity contribution in [3.05, 3.63) is 53.6 Å². The molecule has 7 heteroatoms. The van der Waals surface area contributed by atoms with Gasteiger partial charge in [-0.3, -0.25) is 9.69 Å². The number of nitrogens with zero attached hydrogens (tertiary/aromatic N) is 4. The minimum absolute atomic E-state index is 0.166. The molecular weight excluding hydrogens is 424 g/mol. The Labute approximate surface area is 204 Å². The van der Waals surface area contributed by atoms with Gasteiger partial charge in [-0.15, -0.1) is 0 Å². The van der Waals surface area contributed by atoms with Crippen molar-refractivity contribution in [2.24, 2.45) is 11.7 Å². The Kier molecular flexibility index (Phi) is 8.75. The fourth-order valence-electron chi connectivity index (χ4n) is 5.27. The van der Waals surface area contributed by atoms with Crippen LogP contribution in [-0.2, 0) is 13.1 Å². The summed E-state index contributed by atoms with van der Waals surface area (Å²) in [5.74, 6) is 1.71. The summed E-state index contributed by atoms with van der Waals surface area (Å²) in [6.07, 6.45) is 9.31. The largest absolute Gasteiger partial charge is 0.348 e. The number of nitrogens with one attached hydrogen (secondary N) is 1. The Hall–Kier alpha value is -2.22. The van der Waals surface area contributed by atoms with Crippen LogP contribution in [0.3, 0.4) is 0 Å². The van der Waals surface area contributed by atoms with Crippen molar-refractivity contribution in [1.82, 2.24) is 24.7 Å². The fraction of sp³-hybridized carbons (Fsp3) is 0.630. The predicted octanol–water partition coefficient (Wildman–Crippen LogP) is 3.49. The molecule has 2 unspecified atom stereocenters. The third-order valence-electron chi connectivity index (χ3n) is 7.30. The van der Waals surface area contributed by atoms with Gasteiger partial charge in [-0.1, -0.05) is 26.0 Å². The lowest BCUT2D eigenvalue weighted by Gasteiger charge is -2.38. The number of rotatable bonds is 12. The molecule has 1 aliphatic carbocycles. The van der Waals surface area contributed by atoms with Crippen molar-refractivity contribution in [3.63, 3.8) is 0 Å². The molecule has 34 heavy (non-hydrogen) atoms. The van der Waals surface area contributed by atoms with Crippen LogP contribution in [0.1, 0.15) is 67.7 Å². The second-order valence-electron chi connectivity index (χ2n) is 10.1. The standard InChI is InChI=1S/C27H42N6O/c1-3-13-32(14-4-2)24-9-15-33(16-10-24)27(34)22-7-5-21(6-8-22)18-31(19-23-17-25(23)28)20-26-29-11-12-30-26/h5-8,11-12,23-25H,3-4,9-10,13-20,28H2,1-2H3,(H,29,30). The highest BCUT2D eigenvalue weighted by molar-refractivity contribution is 5.94. The van der Waals surface area contributed by atoms with E-state index in [0.717, 1.165) is 76.5 Å². The van der Waals surface area contributed by atoms with Gasteiger partial charge in [0.15, 0.2) is 0 Å². The van der Waals surface area contributed by atoms with Crippen LogP contribution in [0.15, 0.2) is 36.7 Å². The fourth-order valence-corrected chi connectivity index (χ4v) is 5.27. The number of imidazole rings is 1. The van der Waals surface area contributed by atoms with Gasteiger partial charge >= 0.3 is 0 Å². The number of likely N-dealkylation sites (tertiary alicyclic amines) is 1. The quantitative estimate of drug-likeness (QED) is 0.500. The number of amides is 1. The third-order valence-corrected chi connectivity index (χ3v) is 7.30. The van der Waals surface area contributed by atoms with Gasteiger partial charge in [0.25, 0.3) is 5.91 Å². The van der Waals surface area contributed by atoms with Crippen LogP contribution in [-0.4, -0.2) is 75.4 Å². The van der Waals surface area contributed by atoms with Gasteiger partial charge < -0.3 is 20.5 Å². The first-order chi connectivity index (χ1) is 16.6. The number of nitrogens with two attached hydrogens (primary N) is 1. The van der Waals surface area contributed by atoms with E-state index in [-0.39, 0.29) is 5.91 Å². The summed E-state index contributed by atoms with van der Waals surface area (Å²) in [5.41, 5.74) is 8.07. The maximum absolute atomic E-state index is 13.1. The van der Waals surface area contributed by atoms with E-state index in [1.807, 2.05) is 23.2 Å². The van der Waals surface area contributed by atoms with Crippen LogP contribution in [0.4, 0.5) is 0 Å². The second-order valence-corrected chi connectivity index (χ2v) is 10.1. The SMILES string of the molecule is CCCN(CCC)C1CCN(C(=O)c2ccc(CN(Cc3ncc[nH]3)CC3CC3N)cc2)CC1. The number of H-pyrrole nitrogens is 1. The Morgan fingerprint density at radius 2 is 1.79 bits per heavy atom. The molecule has 2 heterocycles. The van der Waals surface area contributed by atoms with Crippen LogP contribution >= 0.6 is 0 Å². The van der Waals surface area contributed by atoms with E-state index in [4.69, 9.17) is 5.73 Å². The smallest absolute Gasteiger partial charge is 0.253 e. The molecule has 0 spiro atoms. The molecule has 7 nitrogen and oxygen atoms in total. The van der Waals surface area contributed by atoms with E-state index in [1.54, 1.807) is 6.20 Å². The number of carbonyl (C=O) groups excluding carboxylic acids is 1. The summed E-state index contributed by atoms with van der Waals surface area (Å²) in [6, 6.07) is 9.15. The molecule has 1 aromatic heterocycles. The van der Waals surface area contributed by atoms with Gasteiger partial charge in [0, 0.05) is 56.2 Å². The van der Waals surface area contributed by atoms with Crippen molar-refractivity contribution in [3.8, 4) is 0 Å². The highest BCUT2D eigenvalue weighted by Crippen LogP contribution is 2.29. The maximum atomic E-state index is 13.1. The van der Waals surface area contributed by atoms with E-state index in [0.29, 0.717) is 18.0 Å². The molecule has 3 N–H and O–H groups in total. The summed E-state index contributed by atoms with van der Waals surface area (Å²) in [4.78, 5) is 27.8. The molecule has 2 fully saturated rings. The lowest BCUT2D eigenvalue weighted by atomic mass is 10.0. The Morgan fingerprint density at radius 1 is 1.12 bits per heavy atom. The zero-order valence-corrected chi connectivity index (χ0v) is 21.0. The average Bonchev–Trinajstić information content (AvgIpc) is 3.29. The van der Waals surface area contributed by atoms with E-state index in [2.05, 4.69) is 45.7 Å². The van der Waals surface area contributed by atoms with Gasteiger partial charge in [0.1, 0.15) is 5.82 Å². The first-order valence-corrected chi connectivity index (χ1v) is 13.2. The highest BCUT2D eigenvalue weighted by atomic mass is 16.2. The molecule has 0 radical (unpaired) electrons. The highest BCUT2D eigenvalue weighted by Gasteiger charge is 2.35. The minimum atomic E-state index is 0.166. The molecule has 1 saturated carbocycles. The Morgan fingerprint density at radius 3 is 2.35 bits per heavy atom. The van der Waals surface area contributed by atoms with Crippen LogP contribution in [0.2, 0.25) is 0 Å². The average molecular weight is 467 g/mol. The van der Waals surface area contributed by atoms with Crippen molar-refractivity contribution >= 4 is 5.91 Å². The van der Waals surface area contributed by atoms with Crippen LogP contribution in [0.25, 0.3) is 0 Å². The molecule has 1 saturated heterocycles. The Bertz CT molecular complexity index is 869. The van der Waals surface area contributed by atoms with Crippen LogP contribution < -0.4 is 5.73 Å². The zero-order valence-electron chi connectivity index (χ0n) is 21.0. The number of hydrogen-bond donors (Lipinski definition) is 2. The summed E-state index contributed by atoms with van der Waals surface area (Å²) < 4.78 is 0. The summed E-state index contributed by atoms with van der Waals surface area (Å²) in [5, 5.41) is 0. The number of carbonyl (C=O) groups is 1. The molecule has 2 aromatic rings. The monoisotopic (exact) mass is 466 g/mol. The number of aromatic amines is 1. The summed E-state index contributed by atoms with van der Waals surface area (Å²) in [7, 11) is 0. The number of aromatic nitrogens is 2. The number of piperidine rings is 1. The van der Waals surface area contributed by atoms with Gasteiger partial charge in [-0.05, 0) is 68.8 Å². The molecule has 0 bridgehead atoms. The van der Waals surface area contributed by atoms with Gasteiger partial charge in [-0.2, -0.15) is 0 Å². The van der Waals surface area contributed by atoms with Crippen molar-refractivity contribution in [2.45, 2.75) is 71.1 Å². The third kappa shape index (κ3) is 6.68. The van der Waals surface area contributed by atoms with Gasteiger partial charge in [0.2, 0.25) is 0 Å². The molecule has 1 aromatic carbocycles. The van der Waals surface area contributed by atoms with Gasteiger partial charge in [-0.25, -0.2) is 4.98 Å². The molecule has 4 rings (SSSR count). The molecule has 2 atom stereocenters. The summed E-state index contributed by atoms with van der Waals surface area (Å²) in [6.45, 7) is 11.1. The van der Waals surface area contributed by atoms with Crippen molar-refractivity contribution < 1.29 is 4.79 Å².